The topological polar surface area (TPSA) is 98.7 Å². The molecule has 0 radical (unpaired) electrons. The van der Waals surface area contributed by atoms with Gasteiger partial charge in [0.15, 0.2) is 0 Å². The highest BCUT2D eigenvalue weighted by Crippen LogP contribution is 2.35. The maximum Gasteiger partial charge on any atom is 0.387 e. The molecule has 0 spiro atoms. The Hall–Kier alpha value is -3.94. The van der Waals surface area contributed by atoms with Crippen molar-refractivity contribution in [1.82, 2.24) is 4.90 Å². The van der Waals surface area contributed by atoms with Gasteiger partial charge in [-0.3, -0.25) is 9.59 Å². The highest BCUT2D eigenvalue weighted by Gasteiger charge is 2.29. The van der Waals surface area contributed by atoms with Crippen LogP contribution < -0.4 is 16.2 Å². The van der Waals surface area contributed by atoms with Crippen LogP contribution in [-0.2, 0) is 11.3 Å². The maximum absolute atomic E-state index is 12.8. The third-order valence-electron chi connectivity index (χ3n) is 5.29. The second-order valence-electron chi connectivity index (χ2n) is 7.29. The van der Waals surface area contributed by atoms with Gasteiger partial charge < -0.3 is 21.1 Å². The SMILES string of the molecule is C=C(CN1Cc2c(ccc3ccc(-c4ccc(N)c(OC(F)F)c4)cc23)C1=O)C(N)=O. The smallest absolute Gasteiger partial charge is 0.387 e. The summed E-state index contributed by atoms with van der Waals surface area (Å²) in [6.07, 6.45) is 0. The summed E-state index contributed by atoms with van der Waals surface area (Å²) < 4.78 is 29.8. The third-order valence-corrected chi connectivity index (χ3v) is 5.29. The molecule has 6 nitrogen and oxygen atoms in total. The van der Waals surface area contributed by atoms with Crippen molar-refractivity contribution in [3.63, 3.8) is 0 Å². The fourth-order valence-corrected chi connectivity index (χ4v) is 3.71. The van der Waals surface area contributed by atoms with Crippen LogP contribution in [0.15, 0.2) is 60.7 Å². The van der Waals surface area contributed by atoms with Crippen molar-refractivity contribution in [2.24, 2.45) is 5.73 Å². The molecule has 2 amide bonds. The molecule has 0 saturated heterocycles. The highest BCUT2D eigenvalue weighted by atomic mass is 19.3. The Balaban J connectivity index is 1.74. The molecule has 0 aromatic heterocycles. The minimum atomic E-state index is -2.98. The van der Waals surface area contributed by atoms with Crippen LogP contribution >= 0.6 is 0 Å². The second kappa shape index (κ2) is 7.71. The van der Waals surface area contributed by atoms with E-state index in [4.69, 9.17) is 11.5 Å². The van der Waals surface area contributed by atoms with Crippen LogP contribution in [0.2, 0.25) is 0 Å². The van der Waals surface area contributed by atoms with Crippen LogP contribution in [0.25, 0.3) is 21.9 Å². The number of benzene rings is 3. The summed E-state index contributed by atoms with van der Waals surface area (Å²) in [4.78, 5) is 25.6. The van der Waals surface area contributed by atoms with E-state index in [2.05, 4.69) is 11.3 Å². The van der Waals surface area contributed by atoms with E-state index in [-0.39, 0.29) is 29.5 Å². The predicted octanol–water partition coefficient (Wildman–Crippen LogP) is 3.69. The number of carbonyl (C=O) groups excluding carboxylic acids is 2. The van der Waals surface area contributed by atoms with Crippen molar-refractivity contribution >= 4 is 28.3 Å². The van der Waals surface area contributed by atoms with Gasteiger partial charge in [0.25, 0.3) is 5.91 Å². The number of primary amides is 1. The van der Waals surface area contributed by atoms with Crippen molar-refractivity contribution < 1.29 is 23.1 Å². The molecule has 3 aromatic rings. The molecular weight excluding hydrogens is 404 g/mol. The molecule has 0 saturated carbocycles. The lowest BCUT2D eigenvalue weighted by molar-refractivity contribution is -0.114. The summed E-state index contributed by atoms with van der Waals surface area (Å²) in [6.45, 7) is 1.00. The van der Waals surface area contributed by atoms with Crippen molar-refractivity contribution in [3.8, 4) is 16.9 Å². The van der Waals surface area contributed by atoms with Gasteiger partial charge in [-0.1, -0.05) is 30.8 Å². The number of ether oxygens (including phenoxy) is 1. The molecule has 8 heteroatoms. The standard InChI is InChI=1S/C23H19F2N3O3/c1-12(21(27)29)10-28-11-18-16(22(28)30)6-4-13-2-3-14(8-17(13)18)15-5-7-19(26)20(9-15)31-23(24)25/h2-9,23H,1,10-11,26H2,(H2,27,29). The lowest BCUT2D eigenvalue weighted by Gasteiger charge is -2.15. The van der Waals surface area contributed by atoms with E-state index in [9.17, 15) is 18.4 Å². The Kier molecular flexibility index (Phi) is 5.06. The van der Waals surface area contributed by atoms with Crippen LogP contribution in [0.4, 0.5) is 14.5 Å². The first kappa shape index (κ1) is 20.3. The van der Waals surface area contributed by atoms with Crippen molar-refractivity contribution in [1.29, 1.82) is 0 Å². The Morgan fingerprint density at radius 1 is 1.13 bits per heavy atom. The van der Waals surface area contributed by atoms with Crippen LogP contribution in [0.5, 0.6) is 5.75 Å². The predicted molar refractivity (Wildman–Crippen MR) is 114 cm³/mol. The molecule has 0 fully saturated rings. The Morgan fingerprint density at radius 3 is 2.52 bits per heavy atom. The van der Waals surface area contributed by atoms with E-state index >= 15 is 0 Å². The first-order chi connectivity index (χ1) is 14.7. The van der Waals surface area contributed by atoms with Gasteiger partial charge in [0.05, 0.1) is 12.2 Å². The average molecular weight is 423 g/mol. The lowest BCUT2D eigenvalue weighted by Crippen LogP contribution is -2.30. The molecular formula is C23H19F2N3O3. The molecule has 0 atom stereocenters. The maximum atomic E-state index is 12.8. The highest BCUT2D eigenvalue weighted by molar-refractivity contribution is 6.05. The molecule has 1 heterocycles. The molecule has 4 rings (SSSR count). The van der Waals surface area contributed by atoms with Gasteiger partial charge in [-0.05, 0) is 51.7 Å². The van der Waals surface area contributed by atoms with Gasteiger partial charge in [0.1, 0.15) is 5.75 Å². The number of anilines is 1. The first-order valence-electron chi connectivity index (χ1n) is 9.42. The molecule has 4 N–H and O–H groups in total. The number of alkyl halides is 2. The molecule has 1 aliphatic heterocycles. The fraction of sp³-hybridized carbons (Fsp3) is 0.130. The number of hydrogen-bond donors (Lipinski definition) is 2. The zero-order chi connectivity index (χ0) is 22.3. The van der Waals surface area contributed by atoms with Gasteiger partial charge in [-0.2, -0.15) is 8.78 Å². The molecule has 0 bridgehead atoms. The summed E-state index contributed by atoms with van der Waals surface area (Å²) in [5, 5.41) is 1.77. The minimum absolute atomic E-state index is 0.0519. The number of nitrogens with zero attached hydrogens (tertiary/aromatic N) is 1. The summed E-state index contributed by atoms with van der Waals surface area (Å²) in [7, 11) is 0. The fourth-order valence-electron chi connectivity index (χ4n) is 3.71. The number of halogens is 2. The van der Waals surface area contributed by atoms with Crippen molar-refractivity contribution in [2.75, 3.05) is 12.3 Å². The first-order valence-corrected chi connectivity index (χ1v) is 9.42. The van der Waals surface area contributed by atoms with Gasteiger partial charge >= 0.3 is 6.61 Å². The lowest BCUT2D eigenvalue weighted by atomic mass is 9.96. The summed E-state index contributed by atoms with van der Waals surface area (Å²) in [6, 6.07) is 13.9. The van der Waals surface area contributed by atoms with Crippen molar-refractivity contribution in [2.45, 2.75) is 13.2 Å². The van der Waals surface area contributed by atoms with Crippen LogP contribution in [0, 0.1) is 0 Å². The zero-order valence-electron chi connectivity index (χ0n) is 16.4. The molecule has 3 aromatic carbocycles. The monoisotopic (exact) mass is 423 g/mol. The van der Waals surface area contributed by atoms with Gasteiger partial charge in [-0.15, -0.1) is 0 Å². The minimum Gasteiger partial charge on any atom is -0.433 e. The van der Waals surface area contributed by atoms with E-state index in [1.165, 1.54) is 17.0 Å². The largest absolute Gasteiger partial charge is 0.433 e. The number of fused-ring (bicyclic) bond motifs is 3. The zero-order valence-corrected chi connectivity index (χ0v) is 16.4. The number of rotatable bonds is 6. The molecule has 158 valence electrons. The number of nitrogen functional groups attached to an aromatic ring is 1. The quantitative estimate of drug-likeness (QED) is 0.467. The van der Waals surface area contributed by atoms with Crippen LogP contribution in [-0.4, -0.2) is 29.9 Å². The number of amides is 2. The average Bonchev–Trinajstić information content (AvgIpc) is 3.04. The third kappa shape index (κ3) is 3.79. The van der Waals surface area contributed by atoms with Gasteiger partial charge in [0.2, 0.25) is 5.91 Å². The molecule has 0 aliphatic carbocycles. The van der Waals surface area contributed by atoms with Gasteiger partial charge in [-0.25, -0.2) is 0 Å². The van der Waals surface area contributed by atoms with E-state index in [1.54, 1.807) is 12.1 Å². The van der Waals surface area contributed by atoms with E-state index in [0.717, 1.165) is 21.9 Å². The van der Waals surface area contributed by atoms with Crippen LogP contribution in [0.3, 0.4) is 0 Å². The van der Waals surface area contributed by atoms with E-state index in [1.807, 2.05) is 24.3 Å². The van der Waals surface area contributed by atoms with E-state index < -0.39 is 12.5 Å². The Bertz CT molecular complexity index is 1240. The van der Waals surface area contributed by atoms with E-state index in [0.29, 0.717) is 17.7 Å². The summed E-state index contributed by atoms with van der Waals surface area (Å²) >= 11 is 0. The molecule has 0 unspecified atom stereocenters. The van der Waals surface area contributed by atoms with Gasteiger partial charge in [0, 0.05) is 17.7 Å². The second-order valence-corrected chi connectivity index (χ2v) is 7.29. The van der Waals surface area contributed by atoms with Crippen LogP contribution in [0.1, 0.15) is 15.9 Å². The number of hydrogen-bond acceptors (Lipinski definition) is 4. The molecule has 31 heavy (non-hydrogen) atoms. The Morgan fingerprint density at radius 2 is 1.81 bits per heavy atom. The summed E-state index contributed by atoms with van der Waals surface area (Å²) in [5.41, 5.74) is 14.0. The number of nitrogens with two attached hydrogens (primary N) is 2. The molecule has 1 aliphatic rings. The Labute approximate surface area is 176 Å². The summed E-state index contributed by atoms with van der Waals surface area (Å²) in [5.74, 6) is -0.955. The number of carbonyl (C=O) groups is 2. The normalized spacial score (nSPS) is 13.0. The van der Waals surface area contributed by atoms with Crippen molar-refractivity contribution in [3.05, 3.63) is 71.8 Å².